The first-order valence-corrected chi connectivity index (χ1v) is 7.33. The fourth-order valence-corrected chi connectivity index (χ4v) is 2.54. The lowest BCUT2D eigenvalue weighted by atomic mass is 10.2. The number of nitrogens with one attached hydrogen (secondary N) is 2. The first kappa shape index (κ1) is 13.3. The van der Waals surface area contributed by atoms with E-state index in [0.29, 0.717) is 11.7 Å². The van der Waals surface area contributed by atoms with Gasteiger partial charge in [-0.2, -0.15) is 0 Å². The minimum atomic E-state index is -0.183. The summed E-state index contributed by atoms with van der Waals surface area (Å²) < 4.78 is 2.99. The molecule has 0 radical (unpaired) electrons. The number of anilines is 1. The predicted molar refractivity (Wildman–Crippen MR) is 80.8 cm³/mol. The number of aromatic nitrogens is 2. The molecule has 1 fully saturated rings. The molecule has 6 heteroatoms. The number of imidazole rings is 1. The Bertz CT molecular complexity index is 602. The zero-order valence-corrected chi connectivity index (χ0v) is 12.4. The molecule has 0 spiro atoms. The third kappa shape index (κ3) is 2.91. The van der Waals surface area contributed by atoms with Gasteiger partial charge in [-0.25, -0.2) is 4.98 Å². The maximum atomic E-state index is 12.1. The van der Waals surface area contributed by atoms with Crippen LogP contribution in [0.15, 0.2) is 41.3 Å². The lowest BCUT2D eigenvalue weighted by Crippen LogP contribution is -2.13. The van der Waals surface area contributed by atoms with Crippen LogP contribution in [0.1, 0.15) is 23.0 Å². The molecule has 1 amide bonds. The Kier molecular flexibility index (Phi) is 3.84. The van der Waals surface area contributed by atoms with Crippen molar-refractivity contribution in [2.24, 2.45) is 0 Å². The number of hydrogen-bond donors (Lipinski definition) is 2. The molecule has 2 heterocycles. The van der Waals surface area contributed by atoms with Crippen molar-refractivity contribution >= 4 is 27.5 Å². The SMILES string of the molecule is O=C(Nc1ccc(Br)cc1)c1cn(C2CCNC2)cn1. The van der Waals surface area contributed by atoms with Crippen molar-refractivity contribution in [1.29, 1.82) is 0 Å². The van der Waals surface area contributed by atoms with Crippen LogP contribution in [0.5, 0.6) is 0 Å². The fraction of sp³-hybridized carbons (Fsp3) is 0.286. The summed E-state index contributed by atoms with van der Waals surface area (Å²) in [6.07, 6.45) is 4.62. The number of carbonyl (C=O) groups is 1. The van der Waals surface area contributed by atoms with Gasteiger partial charge in [0.05, 0.1) is 6.33 Å². The number of hydrogen-bond acceptors (Lipinski definition) is 3. The Morgan fingerprint density at radius 1 is 1.40 bits per heavy atom. The van der Waals surface area contributed by atoms with Gasteiger partial charge in [-0.3, -0.25) is 4.79 Å². The molecule has 1 aliphatic rings. The second-order valence-corrected chi connectivity index (χ2v) is 5.73. The minimum absolute atomic E-state index is 0.183. The van der Waals surface area contributed by atoms with E-state index < -0.39 is 0 Å². The summed E-state index contributed by atoms with van der Waals surface area (Å²) in [6, 6.07) is 7.87. The summed E-state index contributed by atoms with van der Waals surface area (Å²) >= 11 is 3.36. The molecule has 5 nitrogen and oxygen atoms in total. The standard InChI is InChI=1S/C14H15BrN4O/c15-10-1-3-11(4-2-10)18-14(20)13-8-19(9-17-13)12-5-6-16-7-12/h1-4,8-9,12,16H,5-7H2,(H,18,20). The van der Waals surface area contributed by atoms with Gasteiger partial charge >= 0.3 is 0 Å². The Morgan fingerprint density at radius 2 is 2.20 bits per heavy atom. The van der Waals surface area contributed by atoms with Crippen LogP contribution in [-0.2, 0) is 0 Å². The molecular formula is C14H15BrN4O. The summed E-state index contributed by atoms with van der Waals surface area (Å²) in [6.45, 7) is 1.95. The molecule has 0 aliphatic carbocycles. The first-order chi connectivity index (χ1) is 9.72. The van der Waals surface area contributed by atoms with E-state index in [1.807, 2.05) is 35.0 Å². The maximum Gasteiger partial charge on any atom is 0.275 e. The fourth-order valence-electron chi connectivity index (χ4n) is 2.28. The van der Waals surface area contributed by atoms with Crippen molar-refractivity contribution in [1.82, 2.24) is 14.9 Å². The Balaban J connectivity index is 1.69. The molecule has 0 saturated carbocycles. The van der Waals surface area contributed by atoms with E-state index in [0.717, 1.165) is 29.7 Å². The van der Waals surface area contributed by atoms with Gasteiger partial charge in [-0.1, -0.05) is 15.9 Å². The lowest BCUT2D eigenvalue weighted by Gasteiger charge is -2.08. The number of rotatable bonds is 3. The van der Waals surface area contributed by atoms with E-state index in [1.165, 1.54) is 0 Å². The molecule has 1 atom stereocenters. The number of benzene rings is 1. The Labute approximate surface area is 125 Å². The van der Waals surface area contributed by atoms with Gasteiger partial charge in [-0.05, 0) is 37.2 Å². The van der Waals surface area contributed by atoms with Crippen LogP contribution in [0.4, 0.5) is 5.69 Å². The van der Waals surface area contributed by atoms with Crippen molar-refractivity contribution in [2.75, 3.05) is 18.4 Å². The largest absolute Gasteiger partial charge is 0.332 e. The summed E-state index contributed by atoms with van der Waals surface area (Å²) in [4.78, 5) is 16.3. The van der Waals surface area contributed by atoms with Crippen LogP contribution in [0.2, 0.25) is 0 Å². The molecule has 1 unspecified atom stereocenters. The monoisotopic (exact) mass is 334 g/mol. The third-order valence-corrected chi connectivity index (χ3v) is 3.92. The van der Waals surface area contributed by atoms with Crippen molar-refractivity contribution in [3.05, 3.63) is 47.0 Å². The van der Waals surface area contributed by atoms with Crippen LogP contribution in [0.3, 0.4) is 0 Å². The number of amides is 1. The second kappa shape index (κ2) is 5.76. The van der Waals surface area contributed by atoms with Crippen LogP contribution >= 0.6 is 15.9 Å². The molecule has 3 rings (SSSR count). The van der Waals surface area contributed by atoms with Crippen LogP contribution in [0, 0.1) is 0 Å². The molecular weight excluding hydrogens is 320 g/mol. The molecule has 104 valence electrons. The van der Waals surface area contributed by atoms with Gasteiger partial charge < -0.3 is 15.2 Å². The van der Waals surface area contributed by atoms with Crippen molar-refractivity contribution in [3.8, 4) is 0 Å². The summed E-state index contributed by atoms with van der Waals surface area (Å²) in [5, 5.41) is 6.14. The summed E-state index contributed by atoms with van der Waals surface area (Å²) in [5.74, 6) is -0.183. The number of halogens is 1. The zero-order valence-electron chi connectivity index (χ0n) is 10.8. The van der Waals surface area contributed by atoms with Gasteiger partial charge in [0.2, 0.25) is 0 Å². The Hall–Kier alpha value is -1.66. The summed E-state index contributed by atoms with van der Waals surface area (Å²) in [7, 11) is 0. The van der Waals surface area contributed by atoms with E-state index in [9.17, 15) is 4.79 Å². The average Bonchev–Trinajstić information content (AvgIpc) is 3.11. The van der Waals surface area contributed by atoms with E-state index in [1.54, 1.807) is 6.33 Å². The Morgan fingerprint density at radius 3 is 2.90 bits per heavy atom. The zero-order chi connectivity index (χ0) is 13.9. The van der Waals surface area contributed by atoms with Gasteiger partial charge in [0.15, 0.2) is 0 Å². The first-order valence-electron chi connectivity index (χ1n) is 6.53. The summed E-state index contributed by atoms with van der Waals surface area (Å²) in [5.41, 5.74) is 1.20. The predicted octanol–water partition coefficient (Wildman–Crippen LogP) is 2.43. The quantitative estimate of drug-likeness (QED) is 0.906. The second-order valence-electron chi connectivity index (χ2n) is 4.81. The molecule has 1 aromatic heterocycles. The van der Waals surface area contributed by atoms with Gasteiger partial charge in [0.1, 0.15) is 5.69 Å². The van der Waals surface area contributed by atoms with Crippen LogP contribution < -0.4 is 10.6 Å². The molecule has 0 bridgehead atoms. The van der Waals surface area contributed by atoms with Gasteiger partial charge in [0.25, 0.3) is 5.91 Å². The lowest BCUT2D eigenvalue weighted by molar-refractivity contribution is 0.102. The van der Waals surface area contributed by atoms with Crippen molar-refractivity contribution < 1.29 is 4.79 Å². The smallest absolute Gasteiger partial charge is 0.275 e. The molecule has 1 aromatic carbocycles. The van der Waals surface area contributed by atoms with E-state index >= 15 is 0 Å². The number of nitrogens with zero attached hydrogens (tertiary/aromatic N) is 2. The third-order valence-electron chi connectivity index (χ3n) is 3.39. The van der Waals surface area contributed by atoms with E-state index in [2.05, 4.69) is 31.5 Å². The molecule has 2 N–H and O–H groups in total. The highest BCUT2D eigenvalue weighted by molar-refractivity contribution is 9.10. The normalized spacial score (nSPS) is 18.1. The highest BCUT2D eigenvalue weighted by Gasteiger charge is 2.18. The minimum Gasteiger partial charge on any atom is -0.332 e. The highest BCUT2D eigenvalue weighted by Crippen LogP contribution is 2.17. The molecule has 1 aliphatic heterocycles. The van der Waals surface area contributed by atoms with E-state index in [-0.39, 0.29) is 5.91 Å². The molecule has 1 saturated heterocycles. The van der Waals surface area contributed by atoms with Crippen molar-refractivity contribution in [3.63, 3.8) is 0 Å². The maximum absolute atomic E-state index is 12.1. The van der Waals surface area contributed by atoms with E-state index in [4.69, 9.17) is 0 Å². The topological polar surface area (TPSA) is 59.0 Å². The molecule has 20 heavy (non-hydrogen) atoms. The van der Waals surface area contributed by atoms with Gasteiger partial charge in [-0.15, -0.1) is 0 Å². The average molecular weight is 335 g/mol. The number of carbonyl (C=O) groups excluding carboxylic acids is 1. The molecule has 2 aromatic rings. The van der Waals surface area contributed by atoms with Crippen molar-refractivity contribution in [2.45, 2.75) is 12.5 Å². The van der Waals surface area contributed by atoms with Crippen LogP contribution in [0.25, 0.3) is 0 Å². The van der Waals surface area contributed by atoms with Crippen LogP contribution in [-0.4, -0.2) is 28.5 Å². The van der Waals surface area contributed by atoms with Gasteiger partial charge in [0, 0.05) is 28.9 Å². The highest BCUT2D eigenvalue weighted by atomic mass is 79.9.